The van der Waals surface area contributed by atoms with E-state index in [2.05, 4.69) is 4.98 Å². The van der Waals surface area contributed by atoms with Crippen molar-refractivity contribution in [1.82, 2.24) is 9.55 Å². The fourth-order valence-corrected chi connectivity index (χ4v) is 2.27. The van der Waals surface area contributed by atoms with Gasteiger partial charge in [-0.15, -0.1) is 0 Å². The van der Waals surface area contributed by atoms with E-state index < -0.39 is 18.4 Å². The molecule has 0 spiro atoms. The molecule has 0 amide bonds. The summed E-state index contributed by atoms with van der Waals surface area (Å²) < 4.78 is 51.4. The smallest absolute Gasteiger partial charge is 0.331 e. The first-order valence-electron chi connectivity index (χ1n) is 5.42. The number of aromatic amines is 1. The highest BCUT2D eigenvalue weighted by atomic mass is 35.5. The zero-order chi connectivity index (χ0) is 14.2. The number of hydrogen-bond donors (Lipinski definition) is 1. The Morgan fingerprint density at radius 2 is 2.00 bits per heavy atom. The number of benzene rings is 1. The van der Waals surface area contributed by atoms with E-state index in [1.165, 1.54) is 10.6 Å². The average molecular weight is 313 g/mol. The molecule has 0 aliphatic carbocycles. The van der Waals surface area contributed by atoms with Gasteiger partial charge in [0.15, 0.2) is 4.77 Å². The van der Waals surface area contributed by atoms with Gasteiger partial charge in [-0.2, -0.15) is 13.2 Å². The fraction of sp³-hybridized carbons (Fsp3) is 0.364. The third kappa shape index (κ3) is 3.27. The molecular weight excluding hydrogens is 304 g/mol. The van der Waals surface area contributed by atoms with E-state index in [-0.39, 0.29) is 22.8 Å². The molecule has 104 valence electrons. The van der Waals surface area contributed by atoms with Crippen LogP contribution in [0.15, 0.2) is 12.1 Å². The zero-order valence-corrected chi connectivity index (χ0v) is 11.1. The molecule has 1 N–H and O–H groups in total. The largest absolute Gasteiger partial charge is 0.389 e. The lowest BCUT2D eigenvalue weighted by Crippen LogP contribution is -2.09. The molecule has 2 rings (SSSR count). The lowest BCUT2D eigenvalue weighted by molar-refractivity contribution is -0.135. The number of imidazole rings is 1. The molecule has 2 nitrogen and oxygen atoms in total. The predicted octanol–water partition coefficient (Wildman–Crippen LogP) is 4.83. The van der Waals surface area contributed by atoms with Gasteiger partial charge in [0.25, 0.3) is 0 Å². The molecule has 0 saturated heterocycles. The van der Waals surface area contributed by atoms with Crippen molar-refractivity contribution in [3.8, 4) is 0 Å². The Labute approximate surface area is 116 Å². The summed E-state index contributed by atoms with van der Waals surface area (Å²) >= 11 is 10.6. The van der Waals surface area contributed by atoms with Crippen LogP contribution in [0.4, 0.5) is 17.6 Å². The molecule has 1 heterocycles. The lowest BCUT2D eigenvalue weighted by Gasteiger charge is -2.07. The van der Waals surface area contributed by atoms with Crippen LogP contribution in [-0.4, -0.2) is 15.7 Å². The number of halogens is 5. The highest BCUT2D eigenvalue weighted by molar-refractivity contribution is 7.71. The average Bonchev–Trinajstić information content (AvgIpc) is 2.55. The van der Waals surface area contributed by atoms with E-state index in [0.29, 0.717) is 11.0 Å². The molecule has 1 aromatic carbocycles. The van der Waals surface area contributed by atoms with Crippen molar-refractivity contribution in [2.45, 2.75) is 25.6 Å². The first kappa shape index (κ1) is 14.3. The summed E-state index contributed by atoms with van der Waals surface area (Å²) in [5.74, 6) is -0.632. The first-order valence-corrected chi connectivity index (χ1v) is 6.21. The molecule has 0 aliphatic heterocycles. The monoisotopic (exact) mass is 312 g/mol. The van der Waals surface area contributed by atoms with Gasteiger partial charge in [-0.1, -0.05) is 11.6 Å². The second kappa shape index (κ2) is 5.13. The molecule has 0 fully saturated rings. The van der Waals surface area contributed by atoms with Crippen LogP contribution in [0.25, 0.3) is 11.0 Å². The number of aryl methyl sites for hydroxylation is 1. The Morgan fingerprint density at radius 3 is 2.63 bits per heavy atom. The van der Waals surface area contributed by atoms with Crippen molar-refractivity contribution < 1.29 is 17.6 Å². The maximum atomic E-state index is 13.4. The van der Waals surface area contributed by atoms with Crippen LogP contribution in [0, 0.1) is 10.6 Å². The molecule has 8 heteroatoms. The first-order chi connectivity index (χ1) is 8.78. The van der Waals surface area contributed by atoms with Crippen LogP contribution in [-0.2, 0) is 6.54 Å². The van der Waals surface area contributed by atoms with E-state index in [1.807, 2.05) is 0 Å². The second-order valence-electron chi connectivity index (χ2n) is 4.08. The summed E-state index contributed by atoms with van der Waals surface area (Å²) in [7, 11) is 0. The summed E-state index contributed by atoms with van der Waals surface area (Å²) in [6.45, 7) is 0.0689. The van der Waals surface area contributed by atoms with Gasteiger partial charge in [0.2, 0.25) is 0 Å². The van der Waals surface area contributed by atoms with Crippen LogP contribution >= 0.6 is 23.8 Å². The minimum absolute atomic E-state index is 0.0637. The molecule has 0 aliphatic rings. The van der Waals surface area contributed by atoms with E-state index >= 15 is 0 Å². The van der Waals surface area contributed by atoms with E-state index in [9.17, 15) is 17.6 Å². The quantitative estimate of drug-likeness (QED) is 0.635. The fourth-order valence-electron chi connectivity index (χ4n) is 1.81. The number of rotatable bonds is 3. The van der Waals surface area contributed by atoms with Crippen LogP contribution < -0.4 is 0 Å². The zero-order valence-electron chi connectivity index (χ0n) is 9.52. The van der Waals surface area contributed by atoms with Gasteiger partial charge in [-0.05, 0) is 24.7 Å². The van der Waals surface area contributed by atoms with Crippen molar-refractivity contribution in [3.05, 3.63) is 27.7 Å². The van der Waals surface area contributed by atoms with Crippen LogP contribution in [0.1, 0.15) is 12.8 Å². The molecule has 2 aromatic rings. The lowest BCUT2D eigenvalue weighted by atomic mass is 10.2. The maximum Gasteiger partial charge on any atom is 0.389 e. The summed E-state index contributed by atoms with van der Waals surface area (Å²) in [6, 6.07) is 2.53. The number of alkyl halides is 3. The van der Waals surface area contributed by atoms with E-state index in [4.69, 9.17) is 23.8 Å². The van der Waals surface area contributed by atoms with E-state index in [1.54, 1.807) is 0 Å². The van der Waals surface area contributed by atoms with Gasteiger partial charge in [-0.3, -0.25) is 0 Å². The van der Waals surface area contributed by atoms with Crippen LogP contribution in [0.3, 0.4) is 0 Å². The molecule has 1 aromatic heterocycles. The van der Waals surface area contributed by atoms with Gasteiger partial charge in [0, 0.05) is 19.0 Å². The minimum atomic E-state index is -4.21. The molecule has 0 unspecified atom stereocenters. The summed E-state index contributed by atoms with van der Waals surface area (Å²) in [6.07, 6.45) is -5.23. The maximum absolute atomic E-state index is 13.4. The molecular formula is C11H9ClF4N2S. The Bertz CT molecular complexity index is 659. The Balaban J connectivity index is 2.30. The number of hydrogen-bond acceptors (Lipinski definition) is 1. The molecule has 0 saturated carbocycles. The Hall–Kier alpha value is -1.08. The summed E-state index contributed by atoms with van der Waals surface area (Å²) in [4.78, 5) is 2.79. The molecule has 19 heavy (non-hydrogen) atoms. The van der Waals surface area contributed by atoms with Crippen molar-refractivity contribution in [2.75, 3.05) is 0 Å². The highest BCUT2D eigenvalue weighted by Crippen LogP contribution is 2.25. The Morgan fingerprint density at radius 1 is 1.32 bits per heavy atom. The van der Waals surface area contributed by atoms with Gasteiger partial charge < -0.3 is 9.55 Å². The third-order valence-electron chi connectivity index (χ3n) is 2.66. The number of nitrogens with zero attached hydrogens (tertiary/aromatic N) is 1. The van der Waals surface area contributed by atoms with Crippen molar-refractivity contribution in [1.29, 1.82) is 0 Å². The summed E-state index contributed by atoms with van der Waals surface area (Å²) in [5.41, 5.74) is 0.914. The third-order valence-corrected chi connectivity index (χ3v) is 3.27. The molecule has 0 bridgehead atoms. The Kier molecular flexibility index (Phi) is 3.87. The predicted molar refractivity (Wildman–Crippen MR) is 67.4 cm³/mol. The van der Waals surface area contributed by atoms with Crippen molar-refractivity contribution in [2.24, 2.45) is 0 Å². The normalized spacial score (nSPS) is 12.3. The molecule has 0 radical (unpaired) electrons. The number of aromatic nitrogens is 2. The van der Waals surface area contributed by atoms with Crippen molar-refractivity contribution in [3.63, 3.8) is 0 Å². The number of fused-ring (bicyclic) bond motifs is 1. The number of nitrogens with one attached hydrogen (secondary N) is 1. The SMILES string of the molecule is Fc1cc2c(cc1Cl)[nH]c(=S)n2CCCC(F)(F)F. The van der Waals surface area contributed by atoms with E-state index in [0.717, 1.165) is 6.07 Å². The standard InChI is InChI=1S/C11H9ClF4N2S/c12-6-4-8-9(5-7(6)13)18(10(19)17-8)3-1-2-11(14,15)16/h4-5H,1-3H2,(H,17,19). The minimum Gasteiger partial charge on any atom is -0.331 e. The van der Waals surface area contributed by atoms with Gasteiger partial charge in [0.1, 0.15) is 5.82 Å². The summed E-state index contributed by atoms with van der Waals surface area (Å²) in [5, 5.41) is -0.0637. The highest BCUT2D eigenvalue weighted by Gasteiger charge is 2.26. The molecule has 0 atom stereocenters. The van der Waals surface area contributed by atoms with Crippen LogP contribution in [0.5, 0.6) is 0 Å². The van der Waals surface area contributed by atoms with Crippen molar-refractivity contribution >= 4 is 34.9 Å². The van der Waals surface area contributed by atoms with Gasteiger partial charge in [0.05, 0.1) is 16.1 Å². The van der Waals surface area contributed by atoms with Gasteiger partial charge in [-0.25, -0.2) is 4.39 Å². The topological polar surface area (TPSA) is 20.7 Å². The number of H-pyrrole nitrogens is 1. The second-order valence-corrected chi connectivity index (χ2v) is 4.88. The van der Waals surface area contributed by atoms with Crippen LogP contribution in [0.2, 0.25) is 5.02 Å². The van der Waals surface area contributed by atoms with Gasteiger partial charge >= 0.3 is 6.18 Å².